The van der Waals surface area contributed by atoms with E-state index in [0.29, 0.717) is 13.1 Å². The normalized spacial score (nSPS) is 17.5. The summed E-state index contributed by atoms with van der Waals surface area (Å²) < 4.78 is 7.15. The summed E-state index contributed by atoms with van der Waals surface area (Å²) >= 11 is 0. The minimum Gasteiger partial charge on any atom is -0.467 e. The Hall–Kier alpha value is -2.15. The summed E-state index contributed by atoms with van der Waals surface area (Å²) in [6, 6.07) is 3.95. The molecule has 1 aliphatic rings. The van der Waals surface area contributed by atoms with Gasteiger partial charge in [-0.2, -0.15) is 5.10 Å². The fourth-order valence-corrected chi connectivity index (χ4v) is 2.50. The molecular weight excluding hydrogens is 270 g/mol. The monoisotopic (exact) mass is 289 g/mol. The molecular formula is C14H19N5O2. The molecule has 0 spiro atoms. The number of rotatable bonds is 5. The van der Waals surface area contributed by atoms with Gasteiger partial charge < -0.3 is 14.6 Å². The standard InChI is InChI=1S/C14H19N5O2/c1-18(9-12-3-2-6-21-12)14(20)7-15-11-4-5-13-16-10-17-19(13)8-11/h2-3,6,10-11,15H,4-5,7-9H2,1H3/t11-/m0/s1. The summed E-state index contributed by atoms with van der Waals surface area (Å²) in [6.45, 7) is 1.59. The zero-order valence-electron chi connectivity index (χ0n) is 12.0. The second-order valence-corrected chi connectivity index (χ2v) is 5.30. The molecule has 1 atom stereocenters. The van der Waals surface area contributed by atoms with Gasteiger partial charge in [0.15, 0.2) is 0 Å². The van der Waals surface area contributed by atoms with E-state index in [4.69, 9.17) is 4.42 Å². The van der Waals surface area contributed by atoms with Crippen molar-refractivity contribution in [3.05, 3.63) is 36.3 Å². The molecule has 112 valence electrons. The van der Waals surface area contributed by atoms with Crippen molar-refractivity contribution in [2.75, 3.05) is 13.6 Å². The Bertz CT molecular complexity index is 592. The third-order valence-electron chi connectivity index (χ3n) is 3.75. The quantitative estimate of drug-likeness (QED) is 0.864. The molecule has 0 aromatic carbocycles. The van der Waals surface area contributed by atoms with Crippen LogP contribution in [0.2, 0.25) is 0 Å². The SMILES string of the molecule is CN(Cc1ccco1)C(=O)CN[C@H]1CCc2ncnn2C1. The molecule has 1 aliphatic heterocycles. The highest BCUT2D eigenvalue weighted by Crippen LogP contribution is 2.11. The van der Waals surface area contributed by atoms with Crippen molar-refractivity contribution >= 4 is 5.91 Å². The van der Waals surface area contributed by atoms with E-state index in [1.807, 2.05) is 16.8 Å². The fraction of sp³-hybridized carbons (Fsp3) is 0.500. The minimum atomic E-state index is 0.0517. The maximum absolute atomic E-state index is 12.1. The molecule has 2 aromatic rings. The van der Waals surface area contributed by atoms with E-state index in [1.165, 1.54) is 0 Å². The average Bonchev–Trinajstić information content (AvgIpc) is 3.14. The highest BCUT2D eigenvalue weighted by atomic mass is 16.3. The van der Waals surface area contributed by atoms with Crippen LogP contribution in [0.4, 0.5) is 0 Å². The van der Waals surface area contributed by atoms with Gasteiger partial charge in [-0.3, -0.25) is 4.79 Å². The van der Waals surface area contributed by atoms with Gasteiger partial charge in [-0.1, -0.05) is 0 Å². The summed E-state index contributed by atoms with van der Waals surface area (Å²) in [6.07, 6.45) is 5.07. The van der Waals surface area contributed by atoms with Crippen molar-refractivity contribution in [2.24, 2.45) is 0 Å². The molecule has 21 heavy (non-hydrogen) atoms. The van der Waals surface area contributed by atoms with Gasteiger partial charge in [0.05, 0.1) is 25.9 Å². The first-order valence-corrected chi connectivity index (χ1v) is 7.09. The highest BCUT2D eigenvalue weighted by Gasteiger charge is 2.20. The first kappa shape index (κ1) is 13.8. The number of nitrogens with zero attached hydrogens (tertiary/aromatic N) is 4. The molecule has 3 heterocycles. The predicted octanol–water partition coefficient (Wildman–Crippen LogP) is 0.434. The molecule has 0 saturated carbocycles. The van der Waals surface area contributed by atoms with Crippen LogP contribution in [0.3, 0.4) is 0 Å². The smallest absolute Gasteiger partial charge is 0.236 e. The number of amides is 1. The lowest BCUT2D eigenvalue weighted by Gasteiger charge is -2.24. The summed E-state index contributed by atoms with van der Waals surface area (Å²) in [5.41, 5.74) is 0. The van der Waals surface area contributed by atoms with Crippen molar-refractivity contribution in [2.45, 2.75) is 32.0 Å². The molecule has 1 N–H and O–H groups in total. The van der Waals surface area contributed by atoms with Gasteiger partial charge in [-0.05, 0) is 18.6 Å². The van der Waals surface area contributed by atoms with Gasteiger partial charge in [-0.15, -0.1) is 0 Å². The summed E-state index contributed by atoms with van der Waals surface area (Å²) in [5, 5.41) is 7.48. The summed E-state index contributed by atoms with van der Waals surface area (Å²) in [7, 11) is 1.78. The van der Waals surface area contributed by atoms with E-state index in [0.717, 1.165) is 31.0 Å². The van der Waals surface area contributed by atoms with Crippen molar-refractivity contribution in [1.29, 1.82) is 0 Å². The van der Waals surface area contributed by atoms with Gasteiger partial charge >= 0.3 is 0 Å². The van der Waals surface area contributed by atoms with Crippen LogP contribution in [0.15, 0.2) is 29.1 Å². The van der Waals surface area contributed by atoms with Crippen LogP contribution in [0.1, 0.15) is 18.0 Å². The van der Waals surface area contributed by atoms with Crippen LogP contribution in [-0.2, 0) is 24.3 Å². The Balaban J connectivity index is 1.46. The lowest BCUT2D eigenvalue weighted by Crippen LogP contribution is -2.43. The fourth-order valence-electron chi connectivity index (χ4n) is 2.50. The van der Waals surface area contributed by atoms with Crippen LogP contribution >= 0.6 is 0 Å². The molecule has 0 aliphatic carbocycles. The predicted molar refractivity (Wildman–Crippen MR) is 75.3 cm³/mol. The largest absolute Gasteiger partial charge is 0.467 e. The van der Waals surface area contributed by atoms with E-state index < -0.39 is 0 Å². The molecule has 2 aromatic heterocycles. The molecule has 3 rings (SSSR count). The molecule has 0 bridgehead atoms. The Morgan fingerprint density at radius 3 is 3.33 bits per heavy atom. The zero-order chi connectivity index (χ0) is 14.7. The molecule has 0 radical (unpaired) electrons. The van der Waals surface area contributed by atoms with Crippen molar-refractivity contribution in [3.63, 3.8) is 0 Å². The van der Waals surface area contributed by atoms with Gasteiger partial charge in [0.2, 0.25) is 5.91 Å². The third kappa shape index (κ3) is 3.30. The summed E-state index contributed by atoms with van der Waals surface area (Å²) in [4.78, 5) is 18.0. The number of carbonyl (C=O) groups excluding carboxylic acids is 1. The van der Waals surface area contributed by atoms with Crippen molar-refractivity contribution in [1.82, 2.24) is 25.0 Å². The number of hydrogen-bond donors (Lipinski definition) is 1. The number of likely N-dealkylation sites (N-methyl/N-ethyl adjacent to an activating group) is 1. The van der Waals surface area contributed by atoms with E-state index in [-0.39, 0.29) is 11.9 Å². The van der Waals surface area contributed by atoms with Crippen LogP contribution in [0.25, 0.3) is 0 Å². The Morgan fingerprint density at radius 2 is 2.52 bits per heavy atom. The lowest BCUT2D eigenvalue weighted by molar-refractivity contribution is -0.129. The first-order valence-electron chi connectivity index (χ1n) is 7.09. The van der Waals surface area contributed by atoms with E-state index in [9.17, 15) is 4.79 Å². The number of carbonyl (C=O) groups is 1. The molecule has 0 fully saturated rings. The Labute approximate surface area is 122 Å². The van der Waals surface area contributed by atoms with Gasteiger partial charge in [0.25, 0.3) is 0 Å². The average molecular weight is 289 g/mol. The number of hydrogen-bond acceptors (Lipinski definition) is 5. The van der Waals surface area contributed by atoms with E-state index in [1.54, 1.807) is 24.5 Å². The van der Waals surface area contributed by atoms with Gasteiger partial charge in [0.1, 0.15) is 17.9 Å². The third-order valence-corrected chi connectivity index (χ3v) is 3.75. The zero-order valence-corrected chi connectivity index (χ0v) is 12.0. The van der Waals surface area contributed by atoms with Crippen LogP contribution in [-0.4, -0.2) is 45.2 Å². The second-order valence-electron chi connectivity index (χ2n) is 5.30. The summed E-state index contributed by atoms with van der Waals surface area (Å²) in [5.74, 6) is 1.86. The van der Waals surface area contributed by atoms with Crippen LogP contribution < -0.4 is 5.32 Å². The van der Waals surface area contributed by atoms with Crippen molar-refractivity contribution < 1.29 is 9.21 Å². The topological polar surface area (TPSA) is 76.2 Å². The Morgan fingerprint density at radius 1 is 1.62 bits per heavy atom. The van der Waals surface area contributed by atoms with Crippen LogP contribution in [0, 0.1) is 0 Å². The first-order chi connectivity index (χ1) is 10.2. The van der Waals surface area contributed by atoms with Crippen LogP contribution in [0.5, 0.6) is 0 Å². The maximum Gasteiger partial charge on any atom is 0.236 e. The van der Waals surface area contributed by atoms with E-state index >= 15 is 0 Å². The molecule has 0 unspecified atom stereocenters. The van der Waals surface area contributed by atoms with Crippen molar-refractivity contribution in [3.8, 4) is 0 Å². The maximum atomic E-state index is 12.1. The lowest BCUT2D eigenvalue weighted by atomic mass is 10.1. The number of nitrogens with one attached hydrogen (secondary N) is 1. The minimum absolute atomic E-state index is 0.0517. The van der Waals surface area contributed by atoms with Gasteiger partial charge in [-0.25, -0.2) is 9.67 Å². The molecule has 1 amide bonds. The molecule has 7 nitrogen and oxygen atoms in total. The van der Waals surface area contributed by atoms with Gasteiger partial charge in [0, 0.05) is 19.5 Å². The number of aromatic nitrogens is 3. The molecule has 7 heteroatoms. The Kier molecular flexibility index (Phi) is 4.01. The number of fused-ring (bicyclic) bond motifs is 1. The second kappa shape index (κ2) is 6.09. The molecule has 0 saturated heterocycles. The highest BCUT2D eigenvalue weighted by molar-refractivity contribution is 5.77. The number of furan rings is 1. The number of aryl methyl sites for hydroxylation is 1. The van der Waals surface area contributed by atoms with E-state index in [2.05, 4.69) is 15.4 Å².